The van der Waals surface area contributed by atoms with Gasteiger partial charge in [0, 0.05) is 18.0 Å². The number of pyridine rings is 2. The molecule has 0 bridgehead atoms. The second kappa shape index (κ2) is 11.9. The SMILES string of the molecule is Cc1cc(-c2nc(-c3ccccn3)nc(-c3ccccn3)n2)ccc1-c1c2ccccc2c(-c2ccc3ccccc3c2)c2ccccc12. The summed E-state index contributed by atoms with van der Waals surface area (Å²) in [7, 11) is 0. The zero-order valence-corrected chi connectivity index (χ0v) is 26.7. The fraction of sp³-hybridized carbons (Fsp3) is 0.0227. The van der Waals surface area contributed by atoms with E-state index in [0.717, 1.165) is 11.1 Å². The molecule has 3 heterocycles. The summed E-state index contributed by atoms with van der Waals surface area (Å²) in [6.45, 7) is 2.17. The van der Waals surface area contributed by atoms with Gasteiger partial charge in [-0.15, -0.1) is 0 Å². The monoisotopic (exact) mass is 627 g/mol. The Balaban J connectivity index is 1.23. The number of fused-ring (bicyclic) bond motifs is 3. The average Bonchev–Trinajstić information content (AvgIpc) is 3.17. The van der Waals surface area contributed by atoms with Gasteiger partial charge in [0.15, 0.2) is 17.5 Å². The lowest BCUT2D eigenvalue weighted by Crippen LogP contribution is -2.02. The normalized spacial score (nSPS) is 11.4. The van der Waals surface area contributed by atoms with E-state index in [-0.39, 0.29) is 0 Å². The van der Waals surface area contributed by atoms with Crippen molar-refractivity contribution in [2.45, 2.75) is 6.92 Å². The molecule has 0 spiro atoms. The van der Waals surface area contributed by atoms with Gasteiger partial charge in [0.25, 0.3) is 0 Å². The third-order valence-corrected chi connectivity index (χ3v) is 9.15. The van der Waals surface area contributed by atoms with Crippen LogP contribution in [0.2, 0.25) is 0 Å². The molecule has 0 amide bonds. The van der Waals surface area contributed by atoms with Crippen LogP contribution >= 0.6 is 0 Å². The highest BCUT2D eigenvalue weighted by Gasteiger charge is 2.19. The van der Waals surface area contributed by atoms with Crippen molar-refractivity contribution in [1.29, 1.82) is 0 Å². The molecule has 0 radical (unpaired) electrons. The average molecular weight is 628 g/mol. The minimum atomic E-state index is 0.509. The zero-order valence-electron chi connectivity index (χ0n) is 26.7. The van der Waals surface area contributed by atoms with E-state index in [1.165, 1.54) is 54.6 Å². The van der Waals surface area contributed by atoms with Crippen molar-refractivity contribution < 1.29 is 0 Å². The predicted molar refractivity (Wildman–Crippen MR) is 200 cm³/mol. The Hall–Kier alpha value is -6.59. The number of aromatic nitrogens is 5. The number of aryl methyl sites for hydroxylation is 1. The first-order chi connectivity index (χ1) is 24.2. The van der Waals surface area contributed by atoms with Crippen LogP contribution < -0.4 is 0 Å². The minimum absolute atomic E-state index is 0.509. The smallest absolute Gasteiger partial charge is 0.182 e. The summed E-state index contributed by atoms with van der Waals surface area (Å²) in [6, 6.07) is 50.9. The predicted octanol–water partition coefficient (Wildman–Crippen LogP) is 10.8. The maximum Gasteiger partial charge on any atom is 0.182 e. The van der Waals surface area contributed by atoms with Crippen LogP contribution in [0.3, 0.4) is 0 Å². The standard InChI is InChI=1S/C44H29N5/c1-28-26-32(42-47-43(38-18-8-10-24-45-38)49-44(48-42)39-19-9-11-25-46-39)22-23-33(28)41-36-16-6-4-14-34(36)40(35-15-5-7-17-37(35)41)31-21-20-29-12-2-3-13-30(29)27-31/h2-27H,1H3. The van der Waals surface area contributed by atoms with Gasteiger partial charge in [-0.05, 0) is 103 Å². The van der Waals surface area contributed by atoms with Gasteiger partial charge < -0.3 is 0 Å². The number of rotatable bonds is 5. The number of hydrogen-bond acceptors (Lipinski definition) is 5. The van der Waals surface area contributed by atoms with E-state index in [1.54, 1.807) is 12.4 Å². The van der Waals surface area contributed by atoms with Gasteiger partial charge in [0.05, 0.1) is 0 Å². The van der Waals surface area contributed by atoms with Gasteiger partial charge >= 0.3 is 0 Å². The summed E-state index contributed by atoms with van der Waals surface area (Å²) in [6.07, 6.45) is 3.50. The molecular weight excluding hydrogens is 599 g/mol. The highest BCUT2D eigenvalue weighted by molar-refractivity contribution is 6.22. The lowest BCUT2D eigenvalue weighted by molar-refractivity contribution is 1.05. The van der Waals surface area contributed by atoms with Crippen LogP contribution in [0.5, 0.6) is 0 Å². The topological polar surface area (TPSA) is 64.5 Å². The van der Waals surface area contributed by atoms with Gasteiger partial charge in [-0.3, -0.25) is 9.97 Å². The summed E-state index contributed by atoms with van der Waals surface area (Å²) in [4.78, 5) is 23.6. The zero-order chi connectivity index (χ0) is 32.7. The quantitative estimate of drug-likeness (QED) is 0.178. The van der Waals surface area contributed by atoms with E-state index in [0.29, 0.717) is 28.9 Å². The molecule has 230 valence electrons. The third kappa shape index (κ3) is 5.09. The molecule has 0 saturated heterocycles. The highest BCUT2D eigenvalue weighted by atomic mass is 15.1. The van der Waals surface area contributed by atoms with Gasteiger partial charge in [0.1, 0.15) is 11.4 Å². The van der Waals surface area contributed by atoms with Crippen molar-refractivity contribution in [3.05, 3.63) is 164 Å². The van der Waals surface area contributed by atoms with Crippen molar-refractivity contribution in [2.75, 3.05) is 0 Å². The van der Waals surface area contributed by atoms with Gasteiger partial charge in [0.2, 0.25) is 0 Å². The first-order valence-corrected chi connectivity index (χ1v) is 16.3. The molecule has 0 aliphatic rings. The van der Waals surface area contributed by atoms with Crippen LogP contribution in [0.25, 0.3) is 89.0 Å². The molecule has 6 aromatic carbocycles. The Morgan fingerprint density at radius 3 is 1.47 bits per heavy atom. The van der Waals surface area contributed by atoms with Crippen LogP contribution in [-0.4, -0.2) is 24.9 Å². The van der Waals surface area contributed by atoms with E-state index in [4.69, 9.17) is 15.0 Å². The summed E-state index contributed by atoms with van der Waals surface area (Å²) in [5, 5.41) is 7.37. The molecule has 0 saturated carbocycles. The Kier molecular flexibility index (Phi) is 6.95. The Morgan fingerprint density at radius 1 is 0.388 bits per heavy atom. The van der Waals surface area contributed by atoms with Crippen LogP contribution in [0.4, 0.5) is 0 Å². The number of nitrogens with zero attached hydrogens (tertiary/aromatic N) is 5. The summed E-state index contributed by atoms with van der Waals surface area (Å²) >= 11 is 0. The molecule has 9 aromatic rings. The first kappa shape index (κ1) is 28.6. The van der Waals surface area contributed by atoms with E-state index in [1.807, 2.05) is 36.4 Å². The van der Waals surface area contributed by atoms with E-state index < -0.39 is 0 Å². The summed E-state index contributed by atoms with van der Waals surface area (Å²) < 4.78 is 0. The molecule has 0 unspecified atom stereocenters. The van der Waals surface area contributed by atoms with E-state index in [9.17, 15) is 0 Å². The van der Waals surface area contributed by atoms with E-state index >= 15 is 0 Å². The van der Waals surface area contributed by atoms with Gasteiger partial charge in [-0.2, -0.15) is 0 Å². The molecular formula is C44H29N5. The van der Waals surface area contributed by atoms with Crippen molar-refractivity contribution >= 4 is 32.3 Å². The molecule has 9 rings (SSSR count). The Bertz CT molecular complexity index is 2550. The molecule has 0 aliphatic heterocycles. The second-order valence-corrected chi connectivity index (χ2v) is 12.2. The van der Waals surface area contributed by atoms with Crippen LogP contribution in [0.15, 0.2) is 158 Å². The molecule has 5 heteroatoms. The van der Waals surface area contributed by atoms with Crippen molar-refractivity contribution in [3.8, 4) is 56.7 Å². The molecule has 0 atom stereocenters. The maximum atomic E-state index is 4.90. The molecule has 0 fully saturated rings. The van der Waals surface area contributed by atoms with Crippen LogP contribution in [-0.2, 0) is 0 Å². The Morgan fingerprint density at radius 2 is 0.898 bits per heavy atom. The van der Waals surface area contributed by atoms with Gasteiger partial charge in [-0.25, -0.2) is 15.0 Å². The molecule has 0 N–H and O–H groups in total. The highest BCUT2D eigenvalue weighted by Crippen LogP contribution is 2.45. The van der Waals surface area contributed by atoms with Crippen LogP contribution in [0.1, 0.15) is 5.56 Å². The fourth-order valence-corrected chi connectivity index (χ4v) is 6.88. The minimum Gasteiger partial charge on any atom is -0.253 e. The summed E-state index contributed by atoms with van der Waals surface area (Å²) in [5.74, 6) is 1.59. The lowest BCUT2D eigenvalue weighted by atomic mass is 9.84. The van der Waals surface area contributed by atoms with Crippen molar-refractivity contribution in [1.82, 2.24) is 24.9 Å². The second-order valence-electron chi connectivity index (χ2n) is 12.2. The fourth-order valence-electron chi connectivity index (χ4n) is 6.88. The summed E-state index contributed by atoms with van der Waals surface area (Å²) in [5.41, 5.74) is 8.26. The molecule has 5 nitrogen and oxygen atoms in total. The van der Waals surface area contributed by atoms with Crippen molar-refractivity contribution in [3.63, 3.8) is 0 Å². The lowest BCUT2D eigenvalue weighted by Gasteiger charge is -2.19. The van der Waals surface area contributed by atoms with E-state index in [2.05, 4.69) is 126 Å². The molecule has 3 aromatic heterocycles. The Labute approximate surface area is 283 Å². The maximum absolute atomic E-state index is 4.90. The number of hydrogen-bond donors (Lipinski definition) is 0. The molecule has 49 heavy (non-hydrogen) atoms. The largest absolute Gasteiger partial charge is 0.253 e. The first-order valence-electron chi connectivity index (χ1n) is 16.3. The van der Waals surface area contributed by atoms with Gasteiger partial charge in [-0.1, -0.05) is 109 Å². The van der Waals surface area contributed by atoms with Crippen LogP contribution in [0, 0.1) is 6.92 Å². The van der Waals surface area contributed by atoms with Crippen molar-refractivity contribution in [2.24, 2.45) is 0 Å². The number of benzene rings is 6. The molecule has 0 aliphatic carbocycles. The third-order valence-electron chi connectivity index (χ3n) is 9.15.